The zero-order valence-electron chi connectivity index (χ0n) is 13.9. The summed E-state index contributed by atoms with van der Waals surface area (Å²) < 4.78 is 12.6. The largest absolute Gasteiger partial charge is 0.449 e. The molecule has 22 heavy (non-hydrogen) atoms. The van der Waals surface area contributed by atoms with Crippen LogP contribution in [0.25, 0.3) is 0 Å². The minimum Gasteiger partial charge on any atom is -0.449 e. The van der Waals surface area contributed by atoms with Crippen molar-refractivity contribution in [3.8, 4) is 0 Å². The lowest BCUT2D eigenvalue weighted by molar-refractivity contribution is -0.116. The van der Waals surface area contributed by atoms with E-state index in [1.54, 1.807) is 0 Å². The Bertz CT molecular complexity index is 463. The summed E-state index contributed by atoms with van der Waals surface area (Å²) in [6, 6.07) is 0.822. The lowest BCUT2D eigenvalue weighted by Gasteiger charge is -2.17. The SMILES string of the molecule is [3H]C1N[C@H]2[C@H](CS[C@H]2CCCCCOC(=O)NC(=O)C(=C)C)N1. The highest BCUT2D eigenvalue weighted by atomic mass is 32.2. The van der Waals surface area contributed by atoms with E-state index in [-0.39, 0.29) is 12.2 Å². The molecule has 2 fully saturated rings. The summed E-state index contributed by atoms with van der Waals surface area (Å²) in [5.41, 5.74) is 0.277. The second kappa shape index (κ2) is 8.55. The number of carbonyl (C=O) groups is 2. The number of amides is 2. The smallest absolute Gasteiger partial charge is 0.414 e. The highest BCUT2D eigenvalue weighted by Gasteiger charge is 2.38. The molecule has 6 nitrogen and oxygen atoms in total. The molecular weight excluding hydrogens is 302 g/mol. The molecule has 4 atom stereocenters. The van der Waals surface area contributed by atoms with E-state index < -0.39 is 12.0 Å². The van der Waals surface area contributed by atoms with Crippen LogP contribution in [0.2, 0.25) is 0 Å². The first kappa shape index (κ1) is 15.8. The molecule has 7 heteroatoms. The summed E-state index contributed by atoms with van der Waals surface area (Å²) in [7, 11) is 0. The second-order valence-electron chi connectivity index (χ2n) is 5.70. The number of unbranched alkanes of at least 4 members (excludes halogenated alkanes) is 2. The van der Waals surface area contributed by atoms with Crippen LogP contribution in [0.1, 0.15) is 34.0 Å². The number of nitrogens with one attached hydrogen (secondary N) is 3. The molecule has 2 aliphatic rings. The molecule has 0 radical (unpaired) electrons. The molecule has 0 aromatic carbocycles. The maximum absolute atomic E-state index is 11.3. The van der Waals surface area contributed by atoms with Crippen LogP contribution in [0.4, 0.5) is 4.79 Å². The Kier molecular flexibility index (Phi) is 6.15. The number of hydrogen-bond donors (Lipinski definition) is 3. The number of carbonyl (C=O) groups excluding carboxylic acids is 2. The Morgan fingerprint density at radius 2 is 2.23 bits per heavy atom. The summed E-state index contributed by atoms with van der Waals surface area (Å²) in [4.78, 5) is 22.5. The Morgan fingerprint density at radius 1 is 1.41 bits per heavy atom. The third-order valence-electron chi connectivity index (χ3n) is 3.87. The van der Waals surface area contributed by atoms with E-state index in [0.717, 1.165) is 31.4 Å². The Hall–Kier alpha value is -1.05. The summed E-state index contributed by atoms with van der Waals surface area (Å²) in [6.07, 6.45) is 3.23. The molecule has 0 bridgehead atoms. The average Bonchev–Trinajstić information content (AvgIpc) is 3.02. The van der Waals surface area contributed by atoms with Gasteiger partial charge in [0.2, 0.25) is 0 Å². The number of ether oxygens (including phenoxy) is 1. The quantitative estimate of drug-likeness (QED) is 0.484. The van der Waals surface area contributed by atoms with Crippen LogP contribution < -0.4 is 16.0 Å². The fourth-order valence-electron chi connectivity index (χ4n) is 2.61. The van der Waals surface area contributed by atoms with Crippen LogP contribution in [0.5, 0.6) is 0 Å². The topological polar surface area (TPSA) is 79.5 Å². The van der Waals surface area contributed by atoms with E-state index in [1.165, 1.54) is 6.92 Å². The third kappa shape index (κ3) is 5.00. The molecule has 2 aliphatic heterocycles. The monoisotopic (exact) mass is 329 g/mol. The first-order valence-corrected chi connectivity index (χ1v) is 8.72. The molecule has 3 N–H and O–H groups in total. The lowest BCUT2D eigenvalue weighted by Crippen LogP contribution is -2.36. The highest BCUT2D eigenvalue weighted by molar-refractivity contribution is 8.00. The van der Waals surface area contributed by atoms with Crippen molar-refractivity contribution in [1.29, 1.82) is 0 Å². The Balaban J connectivity index is 1.51. The highest BCUT2D eigenvalue weighted by Crippen LogP contribution is 2.32. The molecule has 0 aromatic rings. The van der Waals surface area contributed by atoms with Gasteiger partial charge in [-0.3, -0.25) is 20.7 Å². The van der Waals surface area contributed by atoms with Crippen molar-refractivity contribution in [2.75, 3.05) is 19.0 Å². The van der Waals surface area contributed by atoms with Gasteiger partial charge in [0.25, 0.3) is 5.91 Å². The van der Waals surface area contributed by atoms with Crippen molar-refractivity contribution < 1.29 is 15.7 Å². The van der Waals surface area contributed by atoms with Gasteiger partial charge in [-0.05, 0) is 19.8 Å². The van der Waals surface area contributed by atoms with E-state index in [1.807, 2.05) is 11.8 Å². The molecule has 0 aromatic heterocycles. The predicted molar refractivity (Wildman–Crippen MR) is 87.7 cm³/mol. The third-order valence-corrected chi connectivity index (χ3v) is 5.38. The van der Waals surface area contributed by atoms with E-state index >= 15 is 0 Å². The maximum Gasteiger partial charge on any atom is 0.414 e. The van der Waals surface area contributed by atoms with Crippen molar-refractivity contribution in [2.24, 2.45) is 0 Å². The second-order valence-corrected chi connectivity index (χ2v) is 6.97. The summed E-state index contributed by atoms with van der Waals surface area (Å²) in [6.45, 7) is 4.97. The van der Waals surface area contributed by atoms with Gasteiger partial charge in [-0.2, -0.15) is 11.8 Å². The van der Waals surface area contributed by atoms with Gasteiger partial charge in [0.1, 0.15) is 0 Å². The van der Waals surface area contributed by atoms with Crippen LogP contribution in [0.15, 0.2) is 12.2 Å². The molecule has 1 unspecified atom stereocenters. The standard InChI is InChI=1S/C15H25N3O3S/c1-10(2)14(19)18-15(20)21-7-5-3-4-6-12-13-11(8-22-12)16-9-17-13/h11-13,16-17H,1,3-9H2,2H3,(H,18,19,20)/t11-,12-,13-/m0/s1/i9T/t9?,11-,12-,13-. The van der Waals surface area contributed by atoms with Gasteiger partial charge < -0.3 is 4.74 Å². The fraction of sp³-hybridized carbons (Fsp3) is 0.733. The molecule has 0 saturated carbocycles. The van der Waals surface area contributed by atoms with Crippen molar-refractivity contribution in [3.05, 3.63) is 12.2 Å². The van der Waals surface area contributed by atoms with E-state index in [4.69, 9.17) is 6.11 Å². The van der Waals surface area contributed by atoms with E-state index in [0.29, 0.717) is 23.9 Å². The molecular formula is C15H25N3O3S. The molecule has 0 spiro atoms. The molecule has 0 aliphatic carbocycles. The molecule has 2 heterocycles. The molecule has 2 saturated heterocycles. The Labute approximate surface area is 137 Å². The number of thioether (sulfide) groups is 1. The average molecular weight is 329 g/mol. The van der Waals surface area contributed by atoms with Gasteiger partial charge in [0.15, 0.2) is 0 Å². The van der Waals surface area contributed by atoms with E-state index in [2.05, 4.69) is 22.5 Å². The molecule has 124 valence electrons. The van der Waals surface area contributed by atoms with Crippen LogP contribution in [-0.2, 0) is 9.53 Å². The first-order chi connectivity index (χ1) is 11.0. The number of rotatable bonds is 7. The van der Waals surface area contributed by atoms with Crippen molar-refractivity contribution in [1.82, 2.24) is 16.0 Å². The predicted octanol–water partition coefficient (Wildman–Crippen LogP) is 1.38. The number of alkyl carbamates (subject to hydrolysis) is 1. The lowest BCUT2D eigenvalue weighted by atomic mass is 10.0. The van der Waals surface area contributed by atoms with Crippen molar-refractivity contribution in [3.63, 3.8) is 0 Å². The number of imide groups is 1. The minimum absolute atomic E-state index is 0.277. The van der Waals surface area contributed by atoms with Gasteiger partial charge in [-0.1, -0.05) is 19.4 Å². The van der Waals surface area contributed by atoms with Crippen LogP contribution >= 0.6 is 11.8 Å². The van der Waals surface area contributed by atoms with Gasteiger partial charge in [-0.15, -0.1) is 0 Å². The summed E-state index contributed by atoms with van der Waals surface area (Å²) >= 11 is 1.97. The normalized spacial score (nSPS) is 30.5. The maximum atomic E-state index is 11.3. The fourth-order valence-corrected chi connectivity index (χ4v) is 4.17. The van der Waals surface area contributed by atoms with Gasteiger partial charge >= 0.3 is 6.09 Å². The Morgan fingerprint density at radius 3 is 3.00 bits per heavy atom. The molecule has 2 amide bonds. The van der Waals surface area contributed by atoms with Crippen LogP contribution in [0, 0.1) is 0 Å². The van der Waals surface area contributed by atoms with Crippen LogP contribution in [-0.4, -0.2) is 48.3 Å². The molecule has 2 rings (SSSR count). The zero-order chi connectivity index (χ0) is 16.8. The first-order valence-electron chi connectivity index (χ1n) is 8.24. The van der Waals surface area contributed by atoms with Gasteiger partial charge in [0.05, 0.1) is 7.98 Å². The van der Waals surface area contributed by atoms with E-state index in [9.17, 15) is 9.59 Å². The minimum atomic E-state index is -0.713. The number of hydrogen-bond acceptors (Lipinski definition) is 6. The van der Waals surface area contributed by atoms with Gasteiger partial charge in [-0.25, -0.2) is 4.79 Å². The summed E-state index contributed by atoms with van der Waals surface area (Å²) in [5.74, 6) is 0.561. The van der Waals surface area contributed by atoms with Crippen molar-refractivity contribution >= 4 is 23.8 Å². The number of fused-ring (bicyclic) bond motifs is 1. The summed E-state index contributed by atoms with van der Waals surface area (Å²) in [5, 5.41) is 9.17. The van der Waals surface area contributed by atoms with Gasteiger partial charge in [0, 0.05) is 35.3 Å². The zero-order valence-corrected chi connectivity index (χ0v) is 13.7. The van der Waals surface area contributed by atoms with Crippen molar-refractivity contribution in [2.45, 2.75) is 49.9 Å². The van der Waals surface area contributed by atoms with Crippen LogP contribution in [0.3, 0.4) is 0 Å².